The number of nitrogens with one attached hydrogen (secondary N) is 1. The number of imide groups is 1. The first-order chi connectivity index (χ1) is 12.6. The van der Waals surface area contributed by atoms with Gasteiger partial charge in [-0.2, -0.15) is 0 Å². The van der Waals surface area contributed by atoms with Gasteiger partial charge in [0.05, 0.1) is 11.7 Å². The van der Waals surface area contributed by atoms with Gasteiger partial charge in [-0.15, -0.1) is 0 Å². The number of aromatic amines is 1. The Hall–Kier alpha value is -2.79. The van der Waals surface area contributed by atoms with E-state index in [1.165, 1.54) is 4.90 Å². The number of aromatic nitrogens is 1. The molecule has 0 spiro atoms. The second-order valence-corrected chi connectivity index (χ2v) is 7.24. The summed E-state index contributed by atoms with van der Waals surface area (Å²) < 4.78 is 0. The fourth-order valence-electron chi connectivity index (χ4n) is 4.19. The Labute approximate surface area is 155 Å². The third-order valence-corrected chi connectivity index (χ3v) is 5.67. The van der Waals surface area contributed by atoms with Crippen LogP contribution in [0.3, 0.4) is 0 Å². The van der Waals surface area contributed by atoms with Crippen LogP contribution in [0.4, 0.5) is 10.5 Å². The lowest BCUT2D eigenvalue weighted by Crippen LogP contribution is -2.42. The van der Waals surface area contributed by atoms with Gasteiger partial charge in [-0.1, -0.05) is 29.8 Å². The van der Waals surface area contributed by atoms with E-state index < -0.39 is 6.04 Å². The number of nitrogens with zero attached hydrogens (tertiary/aromatic N) is 2. The SMILES string of the molecule is C[C@@H]1c2[nH]c3ccccc3c2C[C@@H]2C(=O)N(c3ccc(Cl)cc3)C(=O)N21. The van der Waals surface area contributed by atoms with Crippen molar-refractivity contribution < 1.29 is 9.59 Å². The molecule has 3 amide bonds. The monoisotopic (exact) mass is 365 g/mol. The van der Waals surface area contributed by atoms with Crippen molar-refractivity contribution >= 4 is 40.1 Å². The summed E-state index contributed by atoms with van der Waals surface area (Å²) in [5, 5.41) is 1.69. The second-order valence-electron chi connectivity index (χ2n) is 6.80. The fourth-order valence-corrected chi connectivity index (χ4v) is 4.32. The molecule has 1 N–H and O–H groups in total. The van der Waals surface area contributed by atoms with E-state index in [-0.39, 0.29) is 18.0 Å². The van der Waals surface area contributed by atoms with Gasteiger partial charge in [0.15, 0.2) is 0 Å². The van der Waals surface area contributed by atoms with Crippen LogP contribution in [0.2, 0.25) is 5.02 Å². The maximum atomic E-state index is 13.1. The zero-order valence-electron chi connectivity index (χ0n) is 14.1. The van der Waals surface area contributed by atoms with E-state index in [1.807, 2.05) is 25.1 Å². The molecule has 5 nitrogen and oxygen atoms in total. The Morgan fingerprint density at radius 2 is 1.81 bits per heavy atom. The van der Waals surface area contributed by atoms with Crippen molar-refractivity contribution in [1.29, 1.82) is 0 Å². The van der Waals surface area contributed by atoms with Crippen LogP contribution in [-0.2, 0) is 11.2 Å². The van der Waals surface area contributed by atoms with Crippen molar-refractivity contribution in [1.82, 2.24) is 9.88 Å². The molecule has 0 radical (unpaired) electrons. The summed E-state index contributed by atoms with van der Waals surface area (Å²) in [6.07, 6.45) is 0.526. The molecule has 0 bridgehead atoms. The minimum absolute atomic E-state index is 0.180. The van der Waals surface area contributed by atoms with Crippen LogP contribution >= 0.6 is 11.6 Å². The molecule has 0 aliphatic carbocycles. The minimum Gasteiger partial charge on any atom is -0.356 e. The van der Waals surface area contributed by atoms with Crippen molar-refractivity contribution in [3.05, 3.63) is 64.8 Å². The van der Waals surface area contributed by atoms with Crippen LogP contribution in [0.15, 0.2) is 48.5 Å². The molecule has 1 fully saturated rings. The van der Waals surface area contributed by atoms with E-state index in [2.05, 4.69) is 11.1 Å². The summed E-state index contributed by atoms with van der Waals surface area (Å²) >= 11 is 5.93. The van der Waals surface area contributed by atoms with Crippen LogP contribution in [-0.4, -0.2) is 27.9 Å². The summed E-state index contributed by atoms with van der Waals surface area (Å²) in [5.41, 5.74) is 3.74. The van der Waals surface area contributed by atoms with Gasteiger partial charge in [0, 0.05) is 28.0 Å². The van der Waals surface area contributed by atoms with E-state index in [9.17, 15) is 9.59 Å². The molecule has 0 unspecified atom stereocenters. The maximum Gasteiger partial charge on any atom is 0.332 e. The molecule has 5 rings (SSSR count). The Morgan fingerprint density at radius 3 is 2.58 bits per heavy atom. The predicted octanol–water partition coefficient (Wildman–Crippen LogP) is 4.28. The topological polar surface area (TPSA) is 56.4 Å². The normalized spacial score (nSPS) is 22.1. The number of hydrogen-bond acceptors (Lipinski definition) is 2. The molecule has 1 saturated heterocycles. The number of H-pyrrole nitrogens is 1. The lowest BCUT2D eigenvalue weighted by atomic mass is 9.93. The standard InChI is InChI=1S/C20H16ClN3O2/c1-11-18-15(14-4-2-3-5-16(14)22-18)10-17-19(25)24(20(26)23(11)17)13-8-6-12(21)7-9-13/h2-9,11,17,22H,10H2,1H3/t11-,17-/m1/s1. The average Bonchev–Trinajstić information content (AvgIpc) is 3.13. The molecule has 3 heterocycles. The first-order valence-corrected chi connectivity index (χ1v) is 8.95. The molecule has 130 valence electrons. The van der Waals surface area contributed by atoms with E-state index in [1.54, 1.807) is 29.2 Å². The number of amides is 3. The quantitative estimate of drug-likeness (QED) is 0.654. The van der Waals surface area contributed by atoms with Crippen LogP contribution in [0.25, 0.3) is 10.9 Å². The number of fused-ring (bicyclic) bond motifs is 4. The third-order valence-electron chi connectivity index (χ3n) is 5.42. The van der Waals surface area contributed by atoms with Gasteiger partial charge in [-0.3, -0.25) is 4.79 Å². The van der Waals surface area contributed by atoms with Crippen LogP contribution in [0.1, 0.15) is 24.2 Å². The number of rotatable bonds is 1. The molecule has 2 aromatic carbocycles. The summed E-state index contributed by atoms with van der Waals surface area (Å²) in [6.45, 7) is 1.97. The molecule has 2 atom stereocenters. The molecule has 0 saturated carbocycles. The number of urea groups is 1. The highest BCUT2D eigenvalue weighted by Gasteiger charge is 2.51. The predicted molar refractivity (Wildman–Crippen MR) is 100 cm³/mol. The molecule has 2 aliphatic heterocycles. The summed E-state index contributed by atoms with van der Waals surface area (Å²) in [6, 6.07) is 13.9. The van der Waals surface area contributed by atoms with Crippen molar-refractivity contribution in [2.75, 3.05) is 4.90 Å². The number of anilines is 1. The molecule has 3 aromatic rings. The number of hydrogen-bond donors (Lipinski definition) is 1. The molecule has 2 aliphatic rings. The number of benzene rings is 2. The fraction of sp³-hybridized carbons (Fsp3) is 0.200. The van der Waals surface area contributed by atoms with Crippen LogP contribution in [0.5, 0.6) is 0 Å². The van der Waals surface area contributed by atoms with Crippen LogP contribution < -0.4 is 4.90 Å². The smallest absolute Gasteiger partial charge is 0.332 e. The summed E-state index contributed by atoms with van der Waals surface area (Å²) in [4.78, 5) is 32.5. The highest BCUT2D eigenvalue weighted by molar-refractivity contribution is 6.30. The van der Waals surface area contributed by atoms with Gasteiger partial charge < -0.3 is 9.88 Å². The average molecular weight is 366 g/mol. The first-order valence-electron chi connectivity index (χ1n) is 8.57. The lowest BCUT2D eigenvalue weighted by Gasteiger charge is -2.33. The van der Waals surface area contributed by atoms with Gasteiger partial charge in [0.2, 0.25) is 0 Å². The van der Waals surface area contributed by atoms with Crippen molar-refractivity contribution in [2.45, 2.75) is 25.4 Å². The van der Waals surface area contributed by atoms with Crippen LogP contribution in [0, 0.1) is 0 Å². The number of carbonyl (C=O) groups excluding carboxylic acids is 2. The third kappa shape index (κ3) is 1.98. The highest BCUT2D eigenvalue weighted by atomic mass is 35.5. The van der Waals surface area contributed by atoms with E-state index in [0.29, 0.717) is 17.1 Å². The van der Waals surface area contributed by atoms with Gasteiger partial charge in [0.1, 0.15) is 6.04 Å². The van der Waals surface area contributed by atoms with E-state index >= 15 is 0 Å². The maximum absolute atomic E-state index is 13.1. The molecular weight excluding hydrogens is 350 g/mol. The molecule has 26 heavy (non-hydrogen) atoms. The Bertz CT molecular complexity index is 1060. The Morgan fingerprint density at radius 1 is 1.08 bits per heavy atom. The molecule has 1 aromatic heterocycles. The van der Waals surface area contributed by atoms with E-state index in [4.69, 9.17) is 11.6 Å². The largest absolute Gasteiger partial charge is 0.356 e. The van der Waals surface area contributed by atoms with Gasteiger partial charge in [-0.25, -0.2) is 9.69 Å². The second kappa shape index (κ2) is 5.35. The van der Waals surface area contributed by atoms with Gasteiger partial charge in [0.25, 0.3) is 5.91 Å². The zero-order valence-corrected chi connectivity index (χ0v) is 14.8. The number of halogens is 1. The Balaban J connectivity index is 1.60. The minimum atomic E-state index is -0.472. The van der Waals surface area contributed by atoms with E-state index in [0.717, 1.165) is 22.2 Å². The van der Waals surface area contributed by atoms with Crippen molar-refractivity contribution in [3.8, 4) is 0 Å². The van der Waals surface area contributed by atoms with Crippen molar-refractivity contribution in [2.24, 2.45) is 0 Å². The summed E-state index contributed by atoms with van der Waals surface area (Å²) in [5.74, 6) is -0.180. The van der Waals surface area contributed by atoms with Crippen molar-refractivity contribution in [3.63, 3.8) is 0 Å². The Kier molecular flexibility index (Phi) is 3.18. The van der Waals surface area contributed by atoms with Gasteiger partial charge in [-0.05, 0) is 42.8 Å². The lowest BCUT2D eigenvalue weighted by molar-refractivity contribution is -0.120. The zero-order chi connectivity index (χ0) is 18.0. The van der Waals surface area contributed by atoms with Gasteiger partial charge >= 0.3 is 6.03 Å². The first kappa shape index (κ1) is 15.5. The summed E-state index contributed by atoms with van der Waals surface area (Å²) in [7, 11) is 0. The molecular formula is C20H16ClN3O2. The highest BCUT2D eigenvalue weighted by Crippen LogP contribution is 2.41. The molecule has 6 heteroatoms. The number of para-hydroxylation sites is 1. The number of carbonyl (C=O) groups is 2.